The van der Waals surface area contributed by atoms with Gasteiger partial charge in [-0.25, -0.2) is 13.2 Å². The van der Waals surface area contributed by atoms with Gasteiger partial charge in [0.2, 0.25) is 5.69 Å². The second kappa shape index (κ2) is 25.2. The minimum Gasteiger partial charge on any atom is -0.748 e. The van der Waals surface area contributed by atoms with E-state index in [-0.39, 0.29) is 42.0 Å². The summed E-state index contributed by atoms with van der Waals surface area (Å²) in [5.41, 5.74) is 2.21. The van der Waals surface area contributed by atoms with Crippen molar-refractivity contribution < 1.29 is 62.7 Å². The summed E-state index contributed by atoms with van der Waals surface area (Å²) >= 11 is 0. The van der Waals surface area contributed by atoms with Gasteiger partial charge in [-0.2, -0.15) is 21.4 Å². The van der Waals surface area contributed by atoms with Gasteiger partial charge in [-0.15, -0.1) is 5.06 Å². The summed E-state index contributed by atoms with van der Waals surface area (Å²) in [4.78, 5) is 47.0. The zero-order valence-electron chi connectivity index (χ0n) is 41.9. The van der Waals surface area contributed by atoms with E-state index in [1.54, 1.807) is 22.8 Å². The average molecular weight is 1020 g/mol. The summed E-state index contributed by atoms with van der Waals surface area (Å²) in [5.74, 6) is -2.44. The number of hydroxylamine groups is 2. The molecule has 3 heterocycles. The Hall–Kier alpha value is -4.35. The Bertz CT molecular complexity index is 2540. The van der Waals surface area contributed by atoms with Crippen LogP contribution in [0.15, 0.2) is 70.1 Å². The molecular weight excluding hydrogens is 951 g/mol. The summed E-state index contributed by atoms with van der Waals surface area (Å²) < 4.78 is 104. The average Bonchev–Trinajstić information content (AvgIpc) is 3.78. The van der Waals surface area contributed by atoms with E-state index in [0.717, 1.165) is 5.70 Å². The first-order chi connectivity index (χ1) is 32.1. The number of amides is 2. The van der Waals surface area contributed by atoms with Crippen LogP contribution >= 0.6 is 0 Å². The third-order valence-electron chi connectivity index (χ3n) is 12.8. The van der Waals surface area contributed by atoms with Crippen molar-refractivity contribution in [2.24, 2.45) is 0 Å². The Morgan fingerprint density at radius 1 is 0.739 bits per heavy atom. The topological polar surface area (TPSA) is 242 Å². The summed E-state index contributed by atoms with van der Waals surface area (Å²) in [7, 11) is -13.6. The van der Waals surface area contributed by atoms with E-state index < -0.39 is 64.7 Å². The maximum Gasteiger partial charge on any atom is 0.333 e. The third-order valence-corrected chi connectivity index (χ3v) is 15.2. The second-order valence-corrected chi connectivity index (χ2v) is 22.2. The first-order valence-corrected chi connectivity index (χ1v) is 28.1. The number of rotatable bonds is 21. The largest absolute Gasteiger partial charge is 0.748 e. The first kappa shape index (κ1) is 59.0. The summed E-state index contributed by atoms with van der Waals surface area (Å²) in [5, 5.41) is 0.508. The SMILES string of the molecule is CC1(C)C(=CC=CC2=[N+](CCCS(=O)(=O)[O-])c3ccc(S(=O)(=O)O)cc3C2(C)C)N(CCCCCC(=O)ON2C(=O)CCC2=O)c2ccc(S(=O)(=O)O)cc21.CCN(CC)CC.CCN(CC)CC. The van der Waals surface area contributed by atoms with Crippen molar-refractivity contribution in [3.05, 3.63) is 71.5 Å². The third kappa shape index (κ3) is 15.8. The quantitative estimate of drug-likeness (QED) is 0.0580. The van der Waals surface area contributed by atoms with Crippen molar-refractivity contribution in [1.29, 1.82) is 0 Å². The molecule has 2 aromatic carbocycles. The Morgan fingerprint density at radius 3 is 1.72 bits per heavy atom. The number of benzene rings is 2. The number of nitrogens with zero attached hydrogens (tertiary/aromatic N) is 5. The number of imide groups is 1. The van der Waals surface area contributed by atoms with E-state index in [2.05, 4.69) is 51.3 Å². The Balaban J connectivity index is 0.000000782. The minimum atomic E-state index is -4.54. The number of allylic oxidation sites excluding steroid dienone is 4. The summed E-state index contributed by atoms with van der Waals surface area (Å²) in [6.45, 7) is 28.3. The highest BCUT2D eigenvalue weighted by Crippen LogP contribution is 2.49. The maximum absolute atomic E-state index is 12.3. The van der Waals surface area contributed by atoms with Crippen LogP contribution < -0.4 is 4.90 Å². The molecule has 2 amide bonds. The van der Waals surface area contributed by atoms with E-state index in [4.69, 9.17) is 4.84 Å². The number of anilines is 1. The zero-order chi connectivity index (χ0) is 52.1. The van der Waals surface area contributed by atoms with Gasteiger partial charge in [0.15, 0.2) is 5.71 Å². The van der Waals surface area contributed by atoms with Crippen molar-refractivity contribution in [2.45, 2.75) is 135 Å². The van der Waals surface area contributed by atoms with Crippen LogP contribution in [0.3, 0.4) is 0 Å². The van der Waals surface area contributed by atoms with Crippen LogP contribution in [0.5, 0.6) is 0 Å². The van der Waals surface area contributed by atoms with Crippen molar-refractivity contribution >= 4 is 65.2 Å². The number of hydrogen-bond donors (Lipinski definition) is 2. The maximum atomic E-state index is 12.3. The molecule has 18 nitrogen and oxygen atoms in total. The molecule has 0 aromatic heterocycles. The highest BCUT2D eigenvalue weighted by Gasteiger charge is 2.45. The van der Waals surface area contributed by atoms with E-state index in [1.165, 1.54) is 69.6 Å². The van der Waals surface area contributed by atoms with Crippen LogP contribution in [0.4, 0.5) is 11.4 Å². The molecule has 0 unspecified atom stereocenters. The van der Waals surface area contributed by atoms with Gasteiger partial charge in [-0.1, -0.05) is 67.9 Å². The molecule has 69 heavy (non-hydrogen) atoms. The van der Waals surface area contributed by atoms with E-state index in [0.29, 0.717) is 59.1 Å². The smallest absolute Gasteiger partial charge is 0.333 e. The van der Waals surface area contributed by atoms with Gasteiger partial charge in [0.05, 0.1) is 25.3 Å². The summed E-state index contributed by atoms with van der Waals surface area (Å²) in [6.07, 6.45) is 6.85. The number of carbonyl (C=O) groups excluding carboxylic acids is 3. The number of unbranched alkanes of at least 4 members (excludes halogenated alkanes) is 2. The number of carbonyl (C=O) groups is 3. The van der Waals surface area contributed by atoms with Crippen molar-refractivity contribution in [3.8, 4) is 0 Å². The van der Waals surface area contributed by atoms with Gasteiger partial charge >= 0.3 is 5.97 Å². The van der Waals surface area contributed by atoms with Gasteiger partial charge < -0.3 is 24.1 Å². The molecule has 1 saturated heterocycles. The standard InChI is InChI=1S/C36H43N3O13S3.2C6H15N/c1-35(2)26-22-24(54(46,47)48)13-15-28(26)37(19-7-5-6-12-34(42)52-39-32(40)17-18-33(39)41)30(35)10-8-11-31-36(3,4)27-23-25(55(49,50)51)14-16-29(27)38(31)20-9-21-53(43,44)45;2*1-4-7(5-2)6-3/h8,10-11,13-16,22-23H,5-7,9,12,17-21H2,1-4H3,(H2-,43,44,45,46,47,48,49,50,51);2*4-6H2,1-3H3. The van der Waals surface area contributed by atoms with Crippen molar-refractivity contribution in [1.82, 2.24) is 14.9 Å². The molecule has 0 radical (unpaired) electrons. The summed E-state index contributed by atoms with van der Waals surface area (Å²) in [6, 6.07) is 8.45. The fraction of sp³-hybridized carbons (Fsp3) is 0.583. The molecule has 2 N–H and O–H groups in total. The molecule has 0 bridgehead atoms. The van der Waals surface area contributed by atoms with Crippen LogP contribution in [0.25, 0.3) is 0 Å². The van der Waals surface area contributed by atoms with Gasteiger partial charge in [0.1, 0.15) is 6.54 Å². The fourth-order valence-electron chi connectivity index (χ4n) is 8.60. The predicted octanol–water partition coefficient (Wildman–Crippen LogP) is 6.59. The molecule has 1 fully saturated rings. The van der Waals surface area contributed by atoms with Crippen LogP contribution in [-0.2, 0) is 60.4 Å². The van der Waals surface area contributed by atoms with E-state index in [1.807, 2.05) is 38.7 Å². The lowest BCUT2D eigenvalue weighted by Gasteiger charge is -2.27. The molecule has 0 atom stereocenters. The van der Waals surface area contributed by atoms with Crippen LogP contribution in [-0.4, -0.2) is 140 Å². The lowest BCUT2D eigenvalue weighted by Crippen LogP contribution is -2.32. The highest BCUT2D eigenvalue weighted by molar-refractivity contribution is 7.86. The van der Waals surface area contributed by atoms with Crippen molar-refractivity contribution in [3.63, 3.8) is 0 Å². The van der Waals surface area contributed by atoms with Crippen LogP contribution in [0.1, 0.15) is 125 Å². The zero-order valence-corrected chi connectivity index (χ0v) is 44.3. The second-order valence-electron chi connectivity index (χ2n) is 17.9. The van der Waals surface area contributed by atoms with Gasteiger partial charge in [-0.05, 0) is 108 Å². The fourth-order valence-corrected chi connectivity index (χ4v) is 10.1. The van der Waals surface area contributed by atoms with E-state index in [9.17, 15) is 53.3 Å². The monoisotopic (exact) mass is 1020 g/mol. The molecule has 0 aliphatic carbocycles. The normalized spacial score (nSPS) is 17.1. The Morgan fingerprint density at radius 2 is 1.25 bits per heavy atom. The van der Waals surface area contributed by atoms with Gasteiger partial charge in [-0.3, -0.25) is 18.7 Å². The molecule has 3 aliphatic heterocycles. The van der Waals surface area contributed by atoms with E-state index >= 15 is 0 Å². The molecular formula is C48H73N5O13S3. The first-order valence-electron chi connectivity index (χ1n) is 23.6. The van der Waals surface area contributed by atoms with Gasteiger partial charge in [0, 0.05) is 72.5 Å². The lowest BCUT2D eigenvalue weighted by atomic mass is 9.81. The Labute approximate surface area is 410 Å². The highest BCUT2D eigenvalue weighted by atomic mass is 32.2. The molecule has 0 spiro atoms. The van der Waals surface area contributed by atoms with Crippen LogP contribution in [0.2, 0.25) is 0 Å². The molecule has 5 rings (SSSR count). The number of fused-ring (bicyclic) bond motifs is 2. The molecule has 3 aliphatic rings. The lowest BCUT2D eigenvalue weighted by molar-refractivity contribution is -0.437. The van der Waals surface area contributed by atoms with Crippen LogP contribution in [0, 0.1) is 0 Å². The molecule has 386 valence electrons. The molecule has 0 saturated carbocycles. The van der Waals surface area contributed by atoms with Gasteiger partial charge in [0.25, 0.3) is 32.1 Å². The molecule has 2 aromatic rings. The predicted molar refractivity (Wildman–Crippen MR) is 265 cm³/mol. The van der Waals surface area contributed by atoms with Crippen molar-refractivity contribution in [2.75, 3.05) is 63.0 Å². The number of hydrogen-bond acceptors (Lipinski definition) is 14. The minimum absolute atomic E-state index is 0.00753. The Kier molecular flexibility index (Phi) is 21.5. The molecule has 21 heteroatoms.